The Bertz CT molecular complexity index is 539. The van der Waals surface area contributed by atoms with Crippen LogP contribution in [0.4, 0.5) is 5.69 Å². The van der Waals surface area contributed by atoms with Gasteiger partial charge in [0.25, 0.3) is 0 Å². The van der Waals surface area contributed by atoms with Crippen LogP contribution in [0.15, 0.2) is 30.3 Å². The number of aryl methyl sites for hydroxylation is 1. The summed E-state index contributed by atoms with van der Waals surface area (Å²) in [6.07, 6.45) is 2.60. The molecule has 1 aromatic carbocycles. The third-order valence-corrected chi connectivity index (χ3v) is 3.62. The third-order valence-electron chi connectivity index (χ3n) is 3.35. The highest BCUT2D eigenvalue weighted by Crippen LogP contribution is 2.23. The molecule has 0 unspecified atom stereocenters. The largest absolute Gasteiger partial charge is 0.372 e. The van der Waals surface area contributed by atoms with E-state index < -0.39 is 0 Å². The molecule has 1 fully saturated rings. The van der Waals surface area contributed by atoms with Gasteiger partial charge in [-0.1, -0.05) is 11.6 Å². The first kappa shape index (κ1) is 11.6. The average molecular weight is 262 g/mol. The van der Waals surface area contributed by atoms with Gasteiger partial charge in [0, 0.05) is 18.8 Å². The van der Waals surface area contributed by atoms with Gasteiger partial charge in [-0.25, -0.2) is 4.68 Å². The molecule has 3 nitrogen and oxygen atoms in total. The fraction of sp³-hybridized carbons (Fsp3) is 0.357. The molecule has 0 saturated carbocycles. The molecule has 0 atom stereocenters. The van der Waals surface area contributed by atoms with E-state index in [0.717, 1.165) is 11.4 Å². The lowest BCUT2D eigenvalue weighted by Crippen LogP contribution is -2.17. The smallest absolute Gasteiger partial charge is 0.133 e. The van der Waals surface area contributed by atoms with E-state index in [9.17, 15) is 0 Å². The summed E-state index contributed by atoms with van der Waals surface area (Å²) >= 11 is 6.14. The minimum atomic E-state index is 0.654. The normalized spacial score (nSPS) is 15.3. The zero-order chi connectivity index (χ0) is 12.5. The SMILES string of the molecule is Cc1cc(Cl)n(-c2ccc(N3CCCC3)cc2)n1. The van der Waals surface area contributed by atoms with Crippen molar-refractivity contribution in [3.63, 3.8) is 0 Å². The van der Waals surface area contributed by atoms with Crippen LogP contribution in [0.2, 0.25) is 5.15 Å². The van der Waals surface area contributed by atoms with Crippen LogP contribution in [-0.4, -0.2) is 22.9 Å². The Balaban J connectivity index is 1.88. The monoisotopic (exact) mass is 261 g/mol. The molecule has 1 aliphatic rings. The maximum absolute atomic E-state index is 6.14. The number of halogens is 1. The van der Waals surface area contributed by atoms with E-state index in [1.165, 1.54) is 31.6 Å². The fourth-order valence-corrected chi connectivity index (χ4v) is 2.72. The summed E-state index contributed by atoms with van der Waals surface area (Å²) in [6.45, 7) is 4.28. The summed E-state index contributed by atoms with van der Waals surface area (Å²) in [4.78, 5) is 2.42. The summed E-state index contributed by atoms with van der Waals surface area (Å²) in [7, 11) is 0. The van der Waals surface area contributed by atoms with Crippen molar-refractivity contribution in [2.45, 2.75) is 19.8 Å². The van der Waals surface area contributed by atoms with Crippen LogP contribution in [0, 0.1) is 6.92 Å². The van der Waals surface area contributed by atoms with Crippen LogP contribution >= 0.6 is 11.6 Å². The maximum atomic E-state index is 6.14. The minimum Gasteiger partial charge on any atom is -0.372 e. The van der Waals surface area contributed by atoms with E-state index in [2.05, 4.69) is 34.3 Å². The minimum absolute atomic E-state index is 0.654. The molecule has 2 aromatic rings. The van der Waals surface area contributed by atoms with Crippen molar-refractivity contribution in [3.8, 4) is 5.69 Å². The molecule has 1 saturated heterocycles. The number of aromatic nitrogens is 2. The van der Waals surface area contributed by atoms with Crippen molar-refractivity contribution in [1.29, 1.82) is 0 Å². The molecular weight excluding hydrogens is 246 g/mol. The maximum Gasteiger partial charge on any atom is 0.133 e. The number of rotatable bonds is 2. The number of benzene rings is 1. The summed E-state index contributed by atoms with van der Waals surface area (Å²) in [6, 6.07) is 10.3. The van der Waals surface area contributed by atoms with Crippen molar-refractivity contribution in [3.05, 3.63) is 41.2 Å². The van der Waals surface area contributed by atoms with Gasteiger partial charge < -0.3 is 4.90 Å². The van der Waals surface area contributed by atoms with Crippen LogP contribution in [-0.2, 0) is 0 Å². The van der Waals surface area contributed by atoms with E-state index in [0.29, 0.717) is 5.15 Å². The zero-order valence-corrected chi connectivity index (χ0v) is 11.2. The number of anilines is 1. The van der Waals surface area contributed by atoms with Crippen molar-refractivity contribution < 1.29 is 0 Å². The second-order valence-electron chi connectivity index (χ2n) is 4.73. The quantitative estimate of drug-likeness (QED) is 0.826. The number of hydrogen-bond donors (Lipinski definition) is 0. The Labute approximate surface area is 112 Å². The Morgan fingerprint density at radius 2 is 1.67 bits per heavy atom. The summed E-state index contributed by atoms with van der Waals surface area (Å²) in [5.74, 6) is 0. The molecule has 18 heavy (non-hydrogen) atoms. The molecule has 0 spiro atoms. The Kier molecular flexibility index (Phi) is 3.00. The molecule has 0 bridgehead atoms. The summed E-state index contributed by atoms with van der Waals surface area (Å²) < 4.78 is 1.77. The van der Waals surface area contributed by atoms with E-state index in [-0.39, 0.29) is 0 Å². The van der Waals surface area contributed by atoms with Gasteiger partial charge in [0.1, 0.15) is 5.15 Å². The van der Waals surface area contributed by atoms with Crippen molar-refractivity contribution in [2.24, 2.45) is 0 Å². The molecule has 0 radical (unpaired) electrons. The second-order valence-corrected chi connectivity index (χ2v) is 5.12. The van der Waals surface area contributed by atoms with Gasteiger partial charge in [0.2, 0.25) is 0 Å². The van der Waals surface area contributed by atoms with Gasteiger partial charge in [-0.2, -0.15) is 5.10 Å². The lowest BCUT2D eigenvalue weighted by molar-refractivity contribution is 0.862. The highest BCUT2D eigenvalue weighted by atomic mass is 35.5. The predicted octanol–water partition coefficient (Wildman–Crippen LogP) is 3.43. The third kappa shape index (κ3) is 2.10. The summed E-state index contributed by atoms with van der Waals surface area (Å²) in [5, 5.41) is 5.03. The van der Waals surface area contributed by atoms with Gasteiger partial charge in [-0.05, 0) is 50.1 Å². The molecule has 3 rings (SSSR count). The second kappa shape index (κ2) is 4.65. The first-order valence-electron chi connectivity index (χ1n) is 6.31. The first-order chi connectivity index (χ1) is 8.74. The number of nitrogens with zero attached hydrogens (tertiary/aromatic N) is 3. The van der Waals surface area contributed by atoms with Crippen LogP contribution in [0.3, 0.4) is 0 Å². The average Bonchev–Trinajstić information content (AvgIpc) is 2.99. The van der Waals surface area contributed by atoms with E-state index >= 15 is 0 Å². The van der Waals surface area contributed by atoms with E-state index in [1.807, 2.05) is 13.0 Å². The molecule has 0 aliphatic carbocycles. The summed E-state index contributed by atoms with van der Waals surface area (Å²) in [5.41, 5.74) is 3.23. The van der Waals surface area contributed by atoms with Crippen LogP contribution in [0.1, 0.15) is 18.5 Å². The van der Waals surface area contributed by atoms with Gasteiger partial charge in [0.05, 0.1) is 11.4 Å². The Morgan fingerprint density at radius 3 is 2.22 bits per heavy atom. The fourth-order valence-electron chi connectivity index (χ4n) is 2.43. The lowest BCUT2D eigenvalue weighted by Gasteiger charge is -2.17. The zero-order valence-electron chi connectivity index (χ0n) is 10.4. The van der Waals surface area contributed by atoms with Crippen LogP contribution in [0.5, 0.6) is 0 Å². The van der Waals surface area contributed by atoms with Crippen molar-refractivity contribution >= 4 is 17.3 Å². The van der Waals surface area contributed by atoms with Crippen molar-refractivity contribution in [1.82, 2.24) is 9.78 Å². The molecular formula is C14H16ClN3. The highest BCUT2D eigenvalue weighted by Gasteiger charge is 2.12. The van der Waals surface area contributed by atoms with Crippen molar-refractivity contribution in [2.75, 3.05) is 18.0 Å². The molecule has 2 heterocycles. The molecule has 1 aliphatic heterocycles. The Morgan fingerprint density at radius 1 is 1.06 bits per heavy atom. The molecule has 0 N–H and O–H groups in total. The molecule has 4 heteroatoms. The standard InChI is InChI=1S/C14H16ClN3/c1-11-10-14(15)18(16-11)13-6-4-12(5-7-13)17-8-2-3-9-17/h4-7,10H,2-3,8-9H2,1H3. The molecule has 1 aromatic heterocycles. The van der Waals surface area contributed by atoms with Crippen LogP contribution < -0.4 is 4.90 Å². The highest BCUT2D eigenvalue weighted by molar-refractivity contribution is 6.29. The predicted molar refractivity (Wildman–Crippen MR) is 74.8 cm³/mol. The molecule has 94 valence electrons. The topological polar surface area (TPSA) is 21.1 Å². The van der Waals surface area contributed by atoms with E-state index in [1.54, 1.807) is 4.68 Å². The van der Waals surface area contributed by atoms with Gasteiger partial charge >= 0.3 is 0 Å². The van der Waals surface area contributed by atoms with Crippen LogP contribution in [0.25, 0.3) is 5.69 Å². The number of hydrogen-bond acceptors (Lipinski definition) is 2. The van der Waals surface area contributed by atoms with Gasteiger partial charge in [-0.15, -0.1) is 0 Å². The molecule has 0 amide bonds. The lowest BCUT2D eigenvalue weighted by atomic mass is 10.2. The van der Waals surface area contributed by atoms with E-state index in [4.69, 9.17) is 11.6 Å². The van der Waals surface area contributed by atoms with Gasteiger partial charge in [-0.3, -0.25) is 0 Å². The first-order valence-corrected chi connectivity index (χ1v) is 6.69. The Hall–Kier alpha value is -1.48. The van der Waals surface area contributed by atoms with Gasteiger partial charge in [0.15, 0.2) is 0 Å².